The molecule has 2 N–H and O–H groups in total. The van der Waals surface area contributed by atoms with Gasteiger partial charge in [0.2, 0.25) is 0 Å². The average molecular weight is 274 g/mol. The molecule has 6 heteroatoms. The Kier molecular flexibility index (Phi) is 4.47. The van der Waals surface area contributed by atoms with Crippen molar-refractivity contribution in [3.63, 3.8) is 0 Å². The molecule has 2 aromatic rings. The number of hydrogen-bond acceptors (Lipinski definition) is 5. The van der Waals surface area contributed by atoms with Crippen molar-refractivity contribution in [3.8, 4) is 0 Å². The molecule has 0 saturated carbocycles. The number of para-hydroxylation sites is 1. The van der Waals surface area contributed by atoms with Crippen LogP contribution >= 0.6 is 0 Å². The summed E-state index contributed by atoms with van der Waals surface area (Å²) in [5.74, 6) is 0. The van der Waals surface area contributed by atoms with Gasteiger partial charge in [0, 0.05) is 36.4 Å². The highest BCUT2D eigenvalue weighted by molar-refractivity contribution is 5.97. The first-order chi connectivity index (χ1) is 9.65. The summed E-state index contributed by atoms with van der Waals surface area (Å²) in [6.45, 7) is 6.52. The fourth-order valence-corrected chi connectivity index (χ4v) is 2.14. The molecule has 0 amide bonds. The number of anilines is 1. The Bertz CT molecular complexity index is 628. The average Bonchev–Trinajstić information content (AvgIpc) is 2.44. The number of pyridine rings is 1. The van der Waals surface area contributed by atoms with Crippen molar-refractivity contribution in [2.75, 3.05) is 25.0 Å². The van der Waals surface area contributed by atoms with E-state index in [9.17, 15) is 10.1 Å². The number of aryl methyl sites for hydroxylation is 1. The largest absolute Gasteiger partial charge is 0.383 e. The van der Waals surface area contributed by atoms with Crippen LogP contribution < -0.4 is 10.6 Å². The van der Waals surface area contributed by atoms with Crippen LogP contribution in [0.2, 0.25) is 0 Å². The fourth-order valence-electron chi connectivity index (χ4n) is 2.14. The Balaban J connectivity index is 2.40. The molecule has 0 aliphatic rings. The van der Waals surface area contributed by atoms with Crippen molar-refractivity contribution >= 4 is 22.3 Å². The quantitative estimate of drug-likeness (QED) is 0.480. The zero-order valence-corrected chi connectivity index (χ0v) is 11.6. The second-order valence-corrected chi connectivity index (χ2v) is 4.53. The van der Waals surface area contributed by atoms with Crippen LogP contribution in [0.3, 0.4) is 0 Å². The molecular weight excluding hydrogens is 256 g/mol. The van der Waals surface area contributed by atoms with E-state index in [2.05, 4.69) is 22.5 Å². The maximum atomic E-state index is 11.0. The summed E-state index contributed by atoms with van der Waals surface area (Å²) < 4.78 is 0. The number of nitro groups is 1. The molecule has 2 rings (SSSR count). The van der Waals surface area contributed by atoms with Gasteiger partial charge in [0.15, 0.2) is 0 Å². The van der Waals surface area contributed by atoms with E-state index in [1.54, 1.807) is 12.3 Å². The van der Waals surface area contributed by atoms with Gasteiger partial charge in [0.05, 0.1) is 4.92 Å². The van der Waals surface area contributed by atoms with Crippen molar-refractivity contribution in [3.05, 3.63) is 40.1 Å². The minimum absolute atomic E-state index is 0.0391. The number of likely N-dealkylation sites (N-methyl/N-ethyl adjacent to an activating group) is 1. The summed E-state index contributed by atoms with van der Waals surface area (Å²) in [4.78, 5) is 14.9. The minimum atomic E-state index is -0.396. The van der Waals surface area contributed by atoms with Crippen molar-refractivity contribution < 1.29 is 4.92 Å². The summed E-state index contributed by atoms with van der Waals surface area (Å²) in [6.07, 6.45) is 1.67. The molecule has 0 aliphatic heterocycles. The molecule has 0 radical (unpaired) electrons. The summed E-state index contributed by atoms with van der Waals surface area (Å²) in [6, 6.07) is 5.03. The standard InChI is InChI=1S/C14H18N4O2/c1-3-15-7-8-16-13-10(2)9-17-14-11(13)5-4-6-12(14)18(19)20/h4-6,9,15H,3,7-8H2,1-2H3,(H,16,17). The molecular formula is C14H18N4O2. The number of aromatic nitrogens is 1. The van der Waals surface area contributed by atoms with Gasteiger partial charge in [0.25, 0.3) is 5.69 Å². The number of hydrogen-bond donors (Lipinski definition) is 2. The Morgan fingerprint density at radius 2 is 2.15 bits per heavy atom. The normalized spacial score (nSPS) is 10.7. The molecule has 0 bridgehead atoms. The third-order valence-electron chi connectivity index (χ3n) is 3.12. The van der Waals surface area contributed by atoms with E-state index in [0.717, 1.165) is 36.3 Å². The van der Waals surface area contributed by atoms with Crippen molar-refractivity contribution in [2.45, 2.75) is 13.8 Å². The van der Waals surface area contributed by atoms with E-state index in [-0.39, 0.29) is 5.69 Å². The first-order valence-electron chi connectivity index (χ1n) is 6.62. The van der Waals surface area contributed by atoms with Gasteiger partial charge >= 0.3 is 0 Å². The van der Waals surface area contributed by atoms with Crippen LogP contribution in [0.15, 0.2) is 24.4 Å². The predicted octanol–water partition coefficient (Wildman–Crippen LogP) is 2.47. The van der Waals surface area contributed by atoms with E-state index >= 15 is 0 Å². The third-order valence-corrected chi connectivity index (χ3v) is 3.12. The van der Waals surface area contributed by atoms with Gasteiger partial charge < -0.3 is 10.6 Å². The first kappa shape index (κ1) is 14.2. The summed E-state index contributed by atoms with van der Waals surface area (Å²) in [5, 5.41) is 18.4. The number of fused-ring (bicyclic) bond motifs is 1. The summed E-state index contributed by atoms with van der Waals surface area (Å²) in [7, 11) is 0. The molecule has 0 saturated heterocycles. The van der Waals surface area contributed by atoms with Crippen LogP contribution in [0.25, 0.3) is 10.9 Å². The van der Waals surface area contributed by atoms with E-state index < -0.39 is 4.92 Å². The summed E-state index contributed by atoms with van der Waals surface area (Å²) in [5.41, 5.74) is 2.36. The molecule has 1 aromatic carbocycles. The maximum Gasteiger partial charge on any atom is 0.295 e. The van der Waals surface area contributed by atoms with Gasteiger partial charge in [-0.05, 0) is 19.0 Å². The molecule has 0 atom stereocenters. The maximum absolute atomic E-state index is 11.0. The molecule has 20 heavy (non-hydrogen) atoms. The van der Waals surface area contributed by atoms with E-state index in [1.807, 2.05) is 13.0 Å². The molecule has 0 spiro atoms. The Hall–Kier alpha value is -2.21. The van der Waals surface area contributed by atoms with Crippen molar-refractivity contribution in [2.24, 2.45) is 0 Å². The lowest BCUT2D eigenvalue weighted by Crippen LogP contribution is -2.22. The molecule has 106 valence electrons. The van der Waals surface area contributed by atoms with E-state index in [1.165, 1.54) is 6.07 Å². The second-order valence-electron chi connectivity index (χ2n) is 4.53. The molecule has 0 aliphatic carbocycles. The Morgan fingerprint density at radius 1 is 1.35 bits per heavy atom. The number of nitrogens with zero attached hydrogens (tertiary/aromatic N) is 2. The molecule has 6 nitrogen and oxygen atoms in total. The third kappa shape index (κ3) is 2.85. The Morgan fingerprint density at radius 3 is 2.85 bits per heavy atom. The van der Waals surface area contributed by atoms with Gasteiger partial charge in [-0.25, -0.2) is 4.98 Å². The second kappa shape index (κ2) is 6.29. The smallest absolute Gasteiger partial charge is 0.295 e. The first-order valence-corrected chi connectivity index (χ1v) is 6.62. The molecule has 1 heterocycles. The topological polar surface area (TPSA) is 80.1 Å². The van der Waals surface area contributed by atoms with E-state index in [4.69, 9.17) is 0 Å². The number of rotatable bonds is 6. The summed E-state index contributed by atoms with van der Waals surface area (Å²) >= 11 is 0. The van der Waals surface area contributed by atoms with Crippen molar-refractivity contribution in [1.29, 1.82) is 0 Å². The van der Waals surface area contributed by atoms with E-state index in [0.29, 0.717) is 5.52 Å². The number of nitrogens with one attached hydrogen (secondary N) is 2. The van der Waals surface area contributed by atoms with Crippen LogP contribution in [-0.4, -0.2) is 29.5 Å². The van der Waals surface area contributed by atoms with Gasteiger partial charge in [-0.2, -0.15) is 0 Å². The highest BCUT2D eigenvalue weighted by Gasteiger charge is 2.15. The van der Waals surface area contributed by atoms with Crippen molar-refractivity contribution in [1.82, 2.24) is 10.3 Å². The number of nitro benzene ring substituents is 1. The van der Waals surface area contributed by atoms with Gasteiger partial charge in [-0.3, -0.25) is 10.1 Å². The predicted molar refractivity (Wildman–Crippen MR) is 80.2 cm³/mol. The lowest BCUT2D eigenvalue weighted by Gasteiger charge is -2.12. The van der Waals surface area contributed by atoms with Crippen LogP contribution in [0.5, 0.6) is 0 Å². The lowest BCUT2D eigenvalue weighted by molar-refractivity contribution is -0.383. The van der Waals surface area contributed by atoms with Crippen LogP contribution in [-0.2, 0) is 0 Å². The SMILES string of the molecule is CCNCCNc1c(C)cnc2c([N+](=O)[O-])cccc12. The lowest BCUT2D eigenvalue weighted by atomic mass is 10.1. The molecule has 0 unspecified atom stereocenters. The van der Waals surface area contributed by atoms with Gasteiger partial charge in [-0.1, -0.05) is 19.1 Å². The zero-order chi connectivity index (χ0) is 14.5. The zero-order valence-electron chi connectivity index (χ0n) is 11.6. The highest BCUT2D eigenvalue weighted by Crippen LogP contribution is 2.30. The fraction of sp³-hybridized carbons (Fsp3) is 0.357. The van der Waals surface area contributed by atoms with Crippen LogP contribution in [0, 0.1) is 17.0 Å². The molecule has 0 fully saturated rings. The van der Waals surface area contributed by atoms with Gasteiger partial charge in [0.1, 0.15) is 5.52 Å². The number of non-ortho nitro benzene ring substituents is 1. The van der Waals surface area contributed by atoms with Crippen LogP contribution in [0.4, 0.5) is 11.4 Å². The molecule has 1 aromatic heterocycles. The Labute approximate surface area is 117 Å². The highest BCUT2D eigenvalue weighted by atomic mass is 16.6. The van der Waals surface area contributed by atoms with Crippen LogP contribution in [0.1, 0.15) is 12.5 Å². The monoisotopic (exact) mass is 274 g/mol. The number of benzene rings is 1. The minimum Gasteiger partial charge on any atom is -0.383 e. The van der Waals surface area contributed by atoms with Gasteiger partial charge in [-0.15, -0.1) is 0 Å².